The summed E-state index contributed by atoms with van der Waals surface area (Å²) in [6.07, 6.45) is 3.47. The smallest absolute Gasteiger partial charge is 0.303 e. The van der Waals surface area contributed by atoms with Crippen LogP contribution in [-0.4, -0.2) is 5.97 Å². The fraction of sp³-hybridized carbons (Fsp3) is 0.250. The highest BCUT2D eigenvalue weighted by Crippen LogP contribution is 2.18. The van der Waals surface area contributed by atoms with E-state index in [2.05, 4.69) is 0 Å². The van der Waals surface area contributed by atoms with Gasteiger partial charge in [-0.05, 0) is 18.6 Å². The summed E-state index contributed by atoms with van der Waals surface area (Å²) in [4.78, 5) is 10.8. The van der Waals surface area contributed by atoms with Gasteiger partial charge in [0.05, 0.1) is 0 Å². The van der Waals surface area contributed by atoms with Gasteiger partial charge in [-0.25, -0.2) is 0 Å². The molecule has 2 heteroatoms. The monoisotopic (exact) mass is 190 g/mol. The molecular formula is C12H14O2. The molecule has 1 atom stereocenters. The van der Waals surface area contributed by atoms with Crippen molar-refractivity contribution in [2.24, 2.45) is 0 Å². The first-order valence-corrected chi connectivity index (χ1v) is 4.59. The first kappa shape index (κ1) is 10.5. The van der Waals surface area contributed by atoms with Gasteiger partial charge in [-0.1, -0.05) is 36.4 Å². The van der Waals surface area contributed by atoms with Crippen molar-refractivity contribution in [3.05, 3.63) is 48.0 Å². The van der Waals surface area contributed by atoms with Crippen LogP contribution in [-0.2, 0) is 9.53 Å². The topological polar surface area (TPSA) is 26.3 Å². The first-order valence-electron chi connectivity index (χ1n) is 4.59. The molecule has 2 nitrogen and oxygen atoms in total. The van der Waals surface area contributed by atoms with Gasteiger partial charge < -0.3 is 4.74 Å². The maximum absolute atomic E-state index is 10.8. The summed E-state index contributed by atoms with van der Waals surface area (Å²) in [6.45, 7) is 3.32. The Morgan fingerprint density at radius 2 is 2.00 bits per heavy atom. The van der Waals surface area contributed by atoms with Gasteiger partial charge >= 0.3 is 5.97 Å². The number of carbonyl (C=O) groups is 1. The minimum absolute atomic E-state index is 0.265. The summed E-state index contributed by atoms with van der Waals surface area (Å²) in [6, 6.07) is 9.66. The number of carbonyl (C=O) groups excluding carboxylic acids is 1. The Labute approximate surface area is 84.2 Å². The summed E-state index contributed by atoms with van der Waals surface area (Å²) < 4.78 is 5.15. The molecule has 0 aliphatic carbocycles. The minimum Gasteiger partial charge on any atom is -0.453 e. The normalized spacial score (nSPS) is 12.7. The van der Waals surface area contributed by atoms with Crippen LogP contribution in [0.1, 0.15) is 25.5 Å². The van der Waals surface area contributed by atoms with E-state index in [1.54, 1.807) is 0 Å². The van der Waals surface area contributed by atoms with Crippen molar-refractivity contribution in [1.29, 1.82) is 0 Å². The fourth-order valence-corrected chi connectivity index (χ4v) is 1.21. The molecule has 1 aromatic carbocycles. The molecule has 0 heterocycles. The van der Waals surface area contributed by atoms with E-state index in [0.29, 0.717) is 0 Å². The molecule has 0 saturated heterocycles. The largest absolute Gasteiger partial charge is 0.453 e. The molecule has 0 saturated carbocycles. The Morgan fingerprint density at radius 1 is 1.36 bits per heavy atom. The Bertz CT molecular complexity index is 314. The Balaban J connectivity index is 2.83. The SMILES string of the molecule is CC=CC(OC(C)=O)c1ccccc1. The molecule has 0 amide bonds. The van der Waals surface area contributed by atoms with Crippen LogP contribution in [0.2, 0.25) is 0 Å². The zero-order valence-electron chi connectivity index (χ0n) is 8.44. The molecule has 0 spiro atoms. The molecule has 0 N–H and O–H groups in total. The summed E-state index contributed by atoms with van der Waals surface area (Å²) in [7, 11) is 0. The zero-order chi connectivity index (χ0) is 10.4. The van der Waals surface area contributed by atoms with Gasteiger partial charge in [0, 0.05) is 6.92 Å². The second-order valence-electron chi connectivity index (χ2n) is 2.97. The number of rotatable bonds is 3. The third kappa shape index (κ3) is 3.05. The van der Waals surface area contributed by atoms with E-state index in [9.17, 15) is 4.79 Å². The molecule has 0 bridgehead atoms. The fourth-order valence-electron chi connectivity index (χ4n) is 1.21. The lowest BCUT2D eigenvalue weighted by molar-refractivity contribution is -0.144. The van der Waals surface area contributed by atoms with Gasteiger partial charge in [0.2, 0.25) is 0 Å². The van der Waals surface area contributed by atoms with Crippen LogP contribution in [0.3, 0.4) is 0 Å². The van der Waals surface area contributed by atoms with Gasteiger partial charge in [0.15, 0.2) is 0 Å². The number of allylic oxidation sites excluding steroid dienone is 1. The van der Waals surface area contributed by atoms with Crippen molar-refractivity contribution in [2.45, 2.75) is 20.0 Å². The molecule has 1 unspecified atom stereocenters. The van der Waals surface area contributed by atoms with Crippen molar-refractivity contribution < 1.29 is 9.53 Å². The Kier molecular flexibility index (Phi) is 3.92. The highest BCUT2D eigenvalue weighted by molar-refractivity contribution is 5.66. The highest BCUT2D eigenvalue weighted by Gasteiger charge is 2.09. The van der Waals surface area contributed by atoms with E-state index < -0.39 is 0 Å². The lowest BCUT2D eigenvalue weighted by Crippen LogP contribution is -2.05. The van der Waals surface area contributed by atoms with Gasteiger partial charge in [-0.3, -0.25) is 4.79 Å². The molecule has 0 aromatic heterocycles. The van der Waals surface area contributed by atoms with Crippen LogP contribution < -0.4 is 0 Å². The van der Waals surface area contributed by atoms with E-state index in [1.807, 2.05) is 49.4 Å². The number of hydrogen-bond acceptors (Lipinski definition) is 2. The number of esters is 1. The summed E-state index contributed by atoms with van der Waals surface area (Å²) in [5.41, 5.74) is 0.987. The molecule has 0 aliphatic rings. The predicted octanol–water partition coefficient (Wildman–Crippen LogP) is 2.87. The molecule has 0 radical (unpaired) electrons. The van der Waals surface area contributed by atoms with Crippen LogP contribution in [0.25, 0.3) is 0 Å². The average molecular weight is 190 g/mol. The molecular weight excluding hydrogens is 176 g/mol. The summed E-state index contributed by atoms with van der Waals surface area (Å²) in [5, 5.41) is 0. The third-order valence-electron chi connectivity index (χ3n) is 1.79. The third-order valence-corrected chi connectivity index (χ3v) is 1.79. The first-order chi connectivity index (χ1) is 6.74. The molecule has 1 aromatic rings. The van der Waals surface area contributed by atoms with Gasteiger partial charge in [-0.15, -0.1) is 0 Å². The van der Waals surface area contributed by atoms with Crippen molar-refractivity contribution in [1.82, 2.24) is 0 Å². The summed E-state index contributed by atoms with van der Waals surface area (Å²) >= 11 is 0. The van der Waals surface area contributed by atoms with Gasteiger partial charge in [0.1, 0.15) is 6.10 Å². The van der Waals surface area contributed by atoms with E-state index >= 15 is 0 Å². The second kappa shape index (κ2) is 5.22. The van der Waals surface area contributed by atoms with Crippen molar-refractivity contribution in [3.8, 4) is 0 Å². The number of benzene rings is 1. The minimum atomic E-state index is -0.267. The molecule has 1 rings (SSSR count). The molecule has 0 aliphatic heterocycles. The van der Waals surface area contributed by atoms with Crippen molar-refractivity contribution in [3.63, 3.8) is 0 Å². The van der Waals surface area contributed by atoms with Crippen molar-refractivity contribution in [2.75, 3.05) is 0 Å². The Morgan fingerprint density at radius 3 is 2.50 bits per heavy atom. The van der Waals surface area contributed by atoms with Crippen LogP contribution in [0, 0.1) is 0 Å². The Hall–Kier alpha value is -1.57. The number of ether oxygens (including phenoxy) is 1. The quantitative estimate of drug-likeness (QED) is 0.541. The van der Waals surface area contributed by atoms with E-state index in [-0.39, 0.29) is 12.1 Å². The molecule has 0 fully saturated rings. The van der Waals surface area contributed by atoms with Crippen LogP contribution in [0.15, 0.2) is 42.5 Å². The van der Waals surface area contributed by atoms with Gasteiger partial charge in [-0.2, -0.15) is 0 Å². The van der Waals surface area contributed by atoms with E-state index in [1.165, 1.54) is 6.92 Å². The van der Waals surface area contributed by atoms with E-state index in [4.69, 9.17) is 4.74 Å². The lowest BCUT2D eigenvalue weighted by Gasteiger charge is -2.12. The van der Waals surface area contributed by atoms with Crippen molar-refractivity contribution >= 4 is 5.97 Å². The molecule has 14 heavy (non-hydrogen) atoms. The maximum atomic E-state index is 10.8. The highest BCUT2D eigenvalue weighted by atomic mass is 16.5. The number of hydrogen-bond donors (Lipinski definition) is 0. The summed E-state index contributed by atoms with van der Waals surface area (Å²) in [5.74, 6) is -0.267. The lowest BCUT2D eigenvalue weighted by atomic mass is 10.1. The maximum Gasteiger partial charge on any atom is 0.303 e. The molecule has 74 valence electrons. The average Bonchev–Trinajstić information content (AvgIpc) is 2.18. The zero-order valence-corrected chi connectivity index (χ0v) is 8.44. The van der Waals surface area contributed by atoms with Crippen LogP contribution in [0.4, 0.5) is 0 Å². The standard InChI is InChI=1S/C12H14O2/c1-3-7-12(14-10(2)13)11-8-5-4-6-9-11/h3-9,12H,1-2H3. The van der Waals surface area contributed by atoms with Crippen LogP contribution in [0.5, 0.6) is 0 Å². The second-order valence-corrected chi connectivity index (χ2v) is 2.97. The van der Waals surface area contributed by atoms with E-state index in [0.717, 1.165) is 5.56 Å². The van der Waals surface area contributed by atoms with Crippen LogP contribution >= 0.6 is 0 Å². The van der Waals surface area contributed by atoms with Gasteiger partial charge in [0.25, 0.3) is 0 Å². The predicted molar refractivity (Wildman–Crippen MR) is 55.8 cm³/mol.